The minimum absolute atomic E-state index is 0.0237. The molecule has 0 aromatic heterocycles. The second-order valence-electron chi connectivity index (χ2n) is 5.00. The Bertz CT molecular complexity index is 167. The zero-order valence-corrected chi connectivity index (χ0v) is 9.95. The van der Waals surface area contributed by atoms with Gasteiger partial charge in [0, 0.05) is 6.04 Å². The Hall–Kier alpha value is -0.120. The molecule has 1 fully saturated rings. The molecule has 0 bridgehead atoms. The summed E-state index contributed by atoms with van der Waals surface area (Å²) in [6, 6.07) is 0.147. The molecule has 90 valence electrons. The van der Waals surface area contributed by atoms with Crippen molar-refractivity contribution >= 4 is 0 Å². The number of aliphatic hydroxyl groups excluding tert-OH is 2. The Morgan fingerprint density at radius 1 is 1.20 bits per heavy atom. The first kappa shape index (κ1) is 12.9. The van der Waals surface area contributed by atoms with Gasteiger partial charge in [0.2, 0.25) is 0 Å². The van der Waals surface area contributed by atoms with Crippen LogP contribution in [0.3, 0.4) is 0 Å². The molecule has 0 heterocycles. The van der Waals surface area contributed by atoms with Crippen molar-refractivity contribution in [1.82, 2.24) is 5.32 Å². The zero-order valence-electron chi connectivity index (χ0n) is 9.95. The summed E-state index contributed by atoms with van der Waals surface area (Å²) in [6.07, 6.45) is 5.57. The van der Waals surface area contributed by atoms with Crippen molar-refractivity contribution in [3.05, 3.63) is 0 Å². The minimum atomic E-state index is -0.391. The molecular weight excluding hydrogens is 190 g/mol. The number of aliphatic hydroxyl groups is 2. The van der Waals surface area contributed by atoms with Crippen LogP contribution < -0.4 is 5.32 Å². The average Bonchev–Trinajstić information content (AvgIpc) is 2.26. The van der Waals surface area contributed by atoms with Gasteiger partial charge in [0.15, 0.2) is 0 Å². The van der Waals surface area contributed by atoms with Crippen LogP contribution in [0, 0.1) is 5.92 Å². The third-order valence-corrected chi connectivity index (χ3v) is 3.29. The third-order valence-electron chi connectivity index (χ3n) is 3.29. The Morgan fingerprint density at radius 2 is 1.80 bits per heavy atom. The molecule has 3 heteroatoms. The number of nitrogens with one attached hydrogen (secondary N) is 1. The average molecular weight is 215 g/mol. The van der Waals surface area contributed by atoms with Crippen molar-refractivity contribution in [2.75, 3.05) is 6.61 Å². The smallest absolute Gasteiger partial charge is 0.0743 e. The maximum atomic E-state index is 10.2. The van der Waals surface area contributed by atoms with Gasteiger partial charge in [0.25, 0.3) is 0 Å². The summed E-state index contributed by atoms with van der Waals surface area (Å²) in [5, 5.41) is 22.6. The maximum absolute atomic E-state index is 10.2. The van der Waals surface area contributed by atoms with Crippen molar-refractivity contribution in [3.63, 3.8) is 0 Å². The lowest BCUT2D eigenvalue weighted by molar-refractivity contribution is 0.0264. The lowest BCUT2D eigenvalue weighted by atomic mass is 9.82. The summed E-state index contributed by atoms with van der Waals surface area (Å²) in [4.78, 5) is 0. The predicted octanol–water partition coefficient (Wildman–Crippen LogP) is 1.29. The molecule has 1 aliphatic carbocycles. The molecule has 0 radical (unpaired) electrons. The maximum Gasteiger partial charge on any atom is 0.0743 e. The van der Waals surface area contributed by atoms with Gasteiger partial charge in [0.1, 0.15) is 0 Å². The molecule has 2 unspecified atom stereocenters. The van der Waals surface area contributed by atoms with E-state index in [-0.39, 0.29) is 12.6 Å². The highest BCUT2D eigenvalue weighted by atomic mass is 16.3. The van der Waals surface area contributed by atoms with E-state index in [1.807, 2.05) is 13.8 Å². The summed E-state index contributed by atoms with van der Waals surface area (Å²) < 4.78 is 0. The van der Waals surface area contributed by atoms with E-state index in [1.165, 1.54) is 19.3 Å². The normalized spacial score (nSPS) is 23.0. The first-order valence-electron chi connectivity index (χ1n) is 6.20. The molecule has 0 saturated heterocycles. The molecule has 3 nitrogen and oxygen atoms in total. The Kier molecular flexibility index (Phi) is 5.58. The van der Waals surface area contributed by atoms with Crippen LogP contribution >= 0.6 is 0 Å². The molecule has 0 amide bonds. The first-order valence-corrected chi connectivity index (χ1v) is 6.20. The number of rotatable bonds is 5. The highest BCUT2D eigenvalue weighted by Gasteiger charge is 2.28. The molecule has 2 atom stereocenters. The van der Waals surface area contributed by atoms with E-state index in [0.717, 1.165) is 12.8 Å². The van der Waals surface area contributed by atoms with E-state index >= 15 is 0 Å². The van der Waals surface area contributed by atoms with Crippen molar-refractivity contribution in [2.45, 2.75) is 64.1 Å². The summed E-state index contributed by atoms with van der Waals surface area (Å²) >= 11 is 0. The Balaban J connectivity index is 2.43. The lowest BCUT2D eigenvalue weighted by Gasteiger charge is -2.32. The van der Waals surface area contributed by atoms with Gasteiger partial charge in [-0.1, -0.05) is 33.1 Å². The van der Waals surface area contributed by atoms with Crippen LogP contribution in [-0.4, -0.2) is 35.0 Å². The molecule has 0 aliphatic heterocycles. The van der Waals surface area contributed by atoms with Crippen LogP contribution in [0.4, 0.5) is 0 Å². The highest BCUT2D eigenvalue weighted by molar-refractivity contribution is 4.83. The number of hydrogen-bond acceptors (Lipinski definition) is 3. The van der Waals surface area contributed by atoms with Gasteiger partial charge in [-0.2, -0.15) is 0 Å². The fourth-order valence-electron chi connectivity index (χ4n) is 2.49. The second kappa shape index (κ2) is 6.46. The first-order chi connectivity index (χ1) is 7.15. The van der Waals surface area contributed by atoms with E-state index < -0.39 is 6.10 Å². The van der Waals surface area contributed by atoms with E-state index in [0.29, 0.717) is 12.0 Å². The molecule has 0 aromatic carbocycles. The van der Waals surface area contributed by atoms with Crippen molar-refractivity contribution in [1.29, 1.82) is 0 Å². The molecular formula is C12H25NO2. The van der Waals surface area contributed by atoms with Crippen molar-refractivity contribution in [2.24, 2.45) is 5.92 Å². The zero-order chi connectivity index (χ0) is 11.3. The van der Waals surface area contributed by atoms with Gasteiger partial charge in [-0.05, 0) is 18.8 Å². The lowest BCUT2D eigenvalue weighted by Crippen LogP contribution is -2.49. The minimum Gasteiger partial charge on any atom is -0.395 e. The predicted molar refractivity (Wildman–Crippen MR) is 61.7 cm³/mol. The van der Waals surface area contributed by atoms with Gasteiger partial charge in [-0.15, -0.1) is 0 Å². The fraction of sp³-hybridized carbons (Fsp3) is 1.00. The van der Waals surface area contributed by atoms with Gasteiger partial charge in [0.05, 0.1) is 18.8 Å². The summed E-state index contributed by atoms with van der Waals surface area (Å²) in [7, 11) is 0. The van der Waals surface area contributed by atoms with Gasteiger partial charge in [-0.25, -0.2) is 0 Å². The molecule has 1 rings (SSSR count). The summed E-state index contributed by atoms with van der Waals surface area (Å²) in [6.45, 7) is 4.10. The van der Waals surface area contributed by atoms with Crippen LogP contribution in [-0.2, 0) is 0 Å². The van der Waals surface area contributed by atoms with Gasteiger partial charge < -0.3 is 15.5 Å². The third kappa shape index (κ3) is 4.09. The highest BCUT2D eigenvalue weighted by Crippen LogP contribution is 2.27. The molecule has 1 saturated carbocycles. The molecule has 3 N–H and O–H groups in total. The van der Waals surface area contributed by atoms with E-state index in [1.54, 1.807) is 0 Å². The van der Waals surface area contributed by atoms with Gasteiger partial charge >= 0.3 is 0 Å². The standard InChI is InChI=1S/C12H25NO2/c1-9(2)13-11(8-14)12(15)10-6-4-3-5-7-10/h9-15H,3-8H2,1-2H3. The Morgan fingerprint density at radius 3 is 2.27 bits per heavy atom. The molecule has 15 heavy (non-hydrogen) atoms. The van der Waals surface area contributed by atoms with Crippen LogP contribution in [0.2, 0.25) is 0 Å². The largest absolute Gasteiger partial charge is 0.395 e. The summed E-state index contributed by atoms with van der Waals surface area (Å²) in [5.74, 6) is 0.377. The van der Waals surface area contributed by atoms with Crippen LogP contribution in [0.1, 0.15) is 46.0 Å². The van der Waals surface area contributed by atoms with Crippen molar-refractivity contribution < 1.29 is 10.2 Å². The molecule has 1 aliphatic rings. The quantitative estimate of drug-likeness (QED) is 0.647. The van der Waals surface area contributed by atoms with E-state index in [2.05, 4.69) is 5.32 Å². The second-order valence-corrected chi connectivity index (χ2v) is 5.00. The van der Waals surface area contributed by atoms with E-state index in [9.17, 15) is 10.2 Å². The van der Waals surface area contributed by atoms with E-state index in [4.69, 9.17) is 0 Å². The monoisotopic (exact) mass is 215 g/mol. The van der Waals surface area contributed by atoms with Crippen molar-refractivity contribution in [3.8, 4) is 0 Å². The fourth-order valence-corrected chi connectivity index (χ4v) is 2.49. The molecule has 0 spiro atoms. The summed E-state index contributed by atoms with van der Waals surface area (Å²) in [5.41, 5.74) is 0. The van der Waals surface area contributed by atoms with Crippen LogP contribution in [0.25, 0.3) is 0 Å². The Labute approximate surface area is 92.9 Å². The topological polar surface area (TPSA) is 52.5 Å². The number of hydrogen-bond donors (Lipinski definition) is 3. The SMILES string of the molecule is CC(C)NC(CO)C(O)C1CCCCC1. The van der Waals surface area contributed by atoms with Crippen LogP contribution in [0.5, 0.6) is 0 Å². The molecule has 0 aromatic rings. The van der Waals surface area contributed by atoms with Gasteiger partial charge in [-0.3, -0.25) is 0 Å². The van der Waals surface area contributed by atoms with Crippen LogP contribution in [0.15, 0.2) is 0 Å².